The molecule has 0 aromatic heterocycles. The summed E-state index contributed by atoms with van der Waals surface area (Å²) < 4.78 is 0. The van der Waals surface area contributed by atoms with Gasteiger partial charge in [-0.2, -0.15) is 0 Å². The van der Waals surface area contributed by atoms with Crippen molar-refractivity contribution in [2.75, 3.05) is 36.5 Å². The van der Waals surface area contributed by atoms with Crippen LogP contribution in [0, 0.1) is 0 Å². The van der Waals surface area contributed by atoms with Gasteiger partial charge in [0, 0.05) is 20.1 Å². The largest absolute Gasteiger partial charge is 0.373 e. The lowest BCUT2D eigenvalue weighted by atomic mass is 10.0. The van der Waals surface area contributed by atoms with Crippen LogP contribution < -0.4 is 15.5 Å². The first-order valence-corrected chi connectivity index (χ1v) is 6.90. The molecule has 4 nitrogen and oxygen atoms in total. The van der Waals surface area contributed by atoms with Crippen LogP contribution in [0.5, 0.6) is 0 Å². The van der Waals surface area contributed by atoms with Crippen molar-refractivity contribution in [2.24, 2.45) is 5.73 Å². The molecule has 4 heteroatoms. The number of rotatable bonds is 2. The molecule has 0 radical (unpaired) electrons. The number of nitrogens with two attached hydrogens (primary N) is 1. The van der Waals surface area contributed by atoms with E-state index in [1.165, 1.54) is 5.56 Å². The highest BCUT2D eigenvalue weighted by molar-refractivity contribution is 5.98. The summed E-state index contributed by atoms with van der Waals surface area (Å²) >= 11 is 0. The summed E-state index contributed by atoms with van der Waals surface area (Å²) in [6, 6.07) is 6.40. The fourth-order valence-corrected chi connectivity index (χ4v) is 2.51. The van der Waals surface area contributed by atoms with E-state index in [1.807, 2.05) is 4.90 Å². The molecule has 0 unspecified atom stereocenters. The molecule has 1 aliphatic heterocycles. The Kier molecular flexibility index (Phi) is 4.10. The Balaban J connectivity index is 2.50. The molecule has 1 amide bonds. The maximum absolute atomic E-state index is 12.1. The summed E-state index contributed by atoms with van der Waals surface area (Å²) in [7, 11) is 2.07. The number of hydrogen-bond acceptors (Lipinski definition) is 3. The van der Waals surface area contributed by atoms with E-state index in [0.717, 1.165) is 30.9 Å². The molecule has 1 aromatic rings. The molecule has 1 aliphatic rings. The molecule has 1 heterocycles. The molecule has 104 valence electrons. The zero-order chi connectivity index (χ0) is 14.0. The average Bonchev–Trinajstić information content (AvgIpc) is 2.57. The van der Waals surface area contributed by atoms with Crippen molar-refractivity contribution in [1.29, 1.82) is 0 Å². The lowest BCUT2D eigenvalue weighted by Crippen LogP contribution is -2.36. The first-order chi connectivity index (χ1) is 9.04. The molecule has 19 heavy (non-hydrogen) atoms. The topological polar surface area (TPSA) is 49.6 Å². The quantitative estimate of drug-likeness (QED) is 0.885. The summed E-state index contributed by atoms with van der Waals surface area (Å²) in [4.78, 5) is 16.1. The number of hydrogen-bond donors (Lipinski definition) is 1. The minimum Gasteiger partial charge on any atom is -0.373 e. The van der Waals surface area contributed by atoms with Crippen molar-refractivity contribution in [2.45, 2.75) is 26.2 Å². The van der Waals surface area contributed by atoms with Gasteiger partial charge in [0.2, 0.25) is 5.91 Å². The Labute approximate surface area is 115 Å². The number of carbonyl (C=O) groups is 1. The van der Waals surface area contributed by atoms with Gasteiger partial charge in [-0.05, 0) is 30.0 Å². The van der Waals surface area contributed by atoms with Crippen LogP contribution in [0.25, 0.3) is 0 Å². The standard InChI is InChI=1S/C15H23N3O/c1-11(2)12-5-6-13-14(9-12)18(15(19)10-16)8-4-7-17(13)3/h5-6,9,11H,4,7-8,10,16H2,1-3H3. The van der Waals surface area contributed by atoms with E-state index < -0.39 is 0 Å². The second-order valence-electron chi connectivity index (χ2n) is 5.43. The van der Waals surface area contributed by atoms with E-state index in [9.17, 15) is 4.79 Å². The minimum absolute atomic E-state index is 0.00236. The number of anilines is 2. The van der Waals surface area contributed by atoms with Crippen molar-refractivity contribution in [3.05, 3.63) is 23.8 Å². The van der Waals surface area contributed by atoms with Gasteiger partial charge in [0.05, 0.1) is 17.9 Å². The predicted molar refractivity (Wildman–Crippen MR) is 79.8 cm³/mol. The van der Waals surface area contributed by atoms with Crippen LogP contribution in [0.1, 0.15) is 31.7 Å². The van der Waals surface area contributed by atoms with Crippen LogP contribution in [0.3, 0.4) is 0 Å². The summed E-state index contributed by atoms with van der Waals surface area (Å²) in [5, 5.41) is 0. The van der Waals surface area contributed by atoms with Crippen molar-refractivity contribution in [3.8, 4) is 0 Å². The van der Waals surface area contributed by atoms with Gasteiger partial charge < -0.3 is 15.5 Å². The highest BCUT2D eigenvalue weighted by Gasteiger charge is 2.23. The van der Waals surface area contributed by atoms with Crippen LogP contribution in [0.4, 0.5) is 11.4 Å². The van der Waals surface area contributed by atoms with E-state index in [2.05, 4.69) is 44.0 Å². The Morgan fingerprint density at radius 3 is 2.68 bits per heavy atom. The Morgan fingerprint density at radius 1 is 1.32 bits per heavy atom. The molecular formula is C15H23N3O. The van der Waals surface area contributed by atoms with Gasteiger partial charge in [-0.3, -0.25) is 4.79 Å². The number of carbonyl (C=O) groups excluding carboxylic acids is 1. The van der Waals surface area contributed by atoms with Gasteiger partial charge in [-0.1, -0.05) is 19.9 Å². The number of fused-ring (bicyclic) bond motifs is 1. The van der Waals surface area contributed by atoms with E-state index >= 15 is 0 Å². The molecule has 2 rings (SSSR count). The second kappa shape index (κ2) is 5.61. The maximum Gasteiger partial charge on any atom is 0.240 e. The first kappa shape index (κ1) is 13.9. The molecule has 0 fully saturated rings. The third kappa shape index (κ3) is 2.73. The normalized spacial score (nSPS) is 15.4. The molecule has 0 saturated carbocycles. The van der Waals surface area contributed by atoms with E-state index in [1.54, 1.807) is 0 Å². The van der Waals surface area contributed by atoms with Crippen LogP contribution in [-0.4, -0.2) is 32.6 Å². The van der Waals surface area contributed by atoms with Gasteiger partial charge in [0.25, 0.3) is 0 Å². The van der Waals surface area contributed by atoms with Gasteiger partial charge >= 0.3 is 0 Å². The predicted octanol–water partition coefficient (Wildman–Crippen LogP) is 1.94. The fraction of sp³-hybridized carbons (Fsp3) is 0.533. The smallest absolute Gasteiger partial charge is 0.240 e. The highest BCUT2D eigenvalue weighted by Crippen LogP contribution is 2.34. The molecular weight excluding hydrogens is 238 g/mol. The van der Waals surface area contributed by atoms with Gasteiger partial charge in [-0.15, -0.1) is 0 Å². The first-order valence-electron chi connectivity index (χ1n) is 6.90. The van der Waals surface area contributed by atoms with E-state index in [-0.39, 0.29) is 12.5 Å². The third-order valence-corrected chi connectivity index (χ3v) is 3.72. The zero-order valence-electron chi connectivity index (χ0n) is 12.0. The van der Waals surface area contributed by atoms with E-state index in [0.29, 0.717) is 5.92 Å². The van der Waals surface area contributed by atoms with Crippen LogP contribution in [-0.2, 0) is 4.79 Å². The van der Waals surface area contributed by atoms with Crippen LogP contribution in [0.2, 0.25) is 0 Å². The Morgan fingerprint density at radius 2 is 2.05 bits per heavy atom. The van der Waals surface area contributed by atoms with Crippen LogP contribution >= 0.6 is 0 Å². The number of amides is 1. The number of nitrogens with zero attached hydrogens (tertiary/aromatic N) is 2. The lowest BCUT2D eigenvalue weighted by Gasteiger charge is -2.25. The molecule has 2 N–H and O–H groups in total. The average molecular weight is 261 g/mol. The summed E-state index contributed by atoms with van der Waals surface area (Å²) in [6.45, 7) is 6.10. The Hall–Kier alpha value is -1.55. The van der Waals surface area contributed by atoms with Crippen molar-refractivity contribution in [3.63, 3.8) is 0 Å². The minimum atomic E-state index is -0.00236. The molecule has 0 aliphatic carbocycles. The maximum atomic E-state index is 12.1. The Bertz CT molecular complexity index is 470. The lowest BCUT2D eigenvalue weighted by molar-refractivity contribution is -0.117. The van der Waals surface area contributed by atoms with Crippen molar-refractivity contribution >= 4 is 17.3 Å². The fourth-order valence-electron chi connectivity index (χ4n) is 2.51. The summed E-state index contributed by atoms with van der Waals surface area (Å²) in [6.07, 6.45) is 0.966. The molecule has 1 aromatic carbocycles. The molecule has 0 spiro atoms. The highest BCUT2D eigenvalue weighted by atomic mass is 16.2. The van der Waals surface area contributed by atoms with Crippen molar-refractivity contribution in [1.82, 2.24) is 0 Å². The van der Waals surface area contributed by atoms with Crippen LogP contribution in [0.15, 0.2) is 18.2 Å². The van der Waals surface area contributed by atoms with Gasteiger partial charge in [-0.25, -0.2) is 0 Å². The zero-order valence-corrected chi connectivity index (χ0v) is 12.0. The third-order valence-electron chi connectivity index (χ3n) is 3.72. The summed E-state index contributed by atoms with van der Waals surface area (Å²) in [5.41, 5.74) is 8.91. The number of benzene rings is 1. The second-order valence-corrected chi connectivity index (χ2v) is 5.43. The van der Waals surface area contributed by atoms with Crippen molar-refractivity contribution < 1.29 is 4.79 Å². The van der Waals surface area contributed by atoms with E-state index in [4.69, 9.17) is 5.73 Å². The molecule has 0 atom stereocenters. The van der Waals surface area contributed by atoms with Gasteiger partial charge in [0.1, 0.15) is 0 Å². The SMILES string of the molecule is CC(C)c1ccc2c(c1)N(C(=O)CN)CCCN2C. The molecule has 0 bridgehead atoms. The monoisotopic (exact) mass is 261 g/mol. The van der Waals surface area contributed by atoms with Gasteiger partial charge in [0.15, 0.2) is 0 Å². The summed E-state index contributed by atoms with van der Waals surface area (Å²) in [5.74, 6) is 0.450. The molecule has 0 saturated heterocycles.